The van der Waals surface area contributed by atoms with Crippen LogP contribution in [0.25, 0.3) is 67.3 Å². The largest absolute Gasteiger partial charge is 0.310 e. The van der Waals surface area contributed by atoms with Crippen LogP contribution in [-0.4, -0.2) is 9.97 Å². The molecule has 0 bridgehead atoms. The minimum absolute atomic E-state index is 0.528. The lowest BCUT2D eigenvalue weighted by Crippen LogP contribution is -2.36. The molecule has 2 aliphatic rings. The predicted molar refractivity (Wildman–Crippen MR) is 255 cm³/mol. The Morgan fingerprint density at radius 3 is 1.45 bits per heavy atom. The highest BCUT2D eigenvalue weighted by Crippen LogP contribution is 2.63. The van der Waals surface area contributed by atoms with Gasteiger partial charge in [0.15, 0.2) is 5.82 Å². The zero-order valence-corrected chi connectivity index (χ0v) is 33.9. The number of aromatic nitrogens is 2. The molecule has 0 saturated carbocycles. The van der Waals surface area contributed by atoms with Crippen LogP contribution in [0.5, 0.6) is 0 Å². The monoisotopic (exact) mass is 789 g/mol. The number of benzene rings is 9. The van der Waals surface area contributed by atoms with Crippen molar-refractivity contribution >= 4 is 17.1 Å². The van der Waals surface area contributed by atoms with Gasteiger partial charge in [0.2, 0.25) is 0 Å². The Labute approximate surface area is 361 Å². The normalized spacial score (nSPS) is 12.9. The van der Waals surface area contributed by atoms with E-state index in [1.54, 1.807) is 0 Å². The Hall–Kier alpha value is -8.14. The molecule has 0 N–H and O–H groups in total. The Morgan fingerprint density at radius 1 is 0.290 bits per heavy atom. The van der Waals surface area contributed by atoms with Crippen molar-refractivity contribution in [2.75, 3.05) is 4.90 Å². The molecule has 290 valence electrons. The van der Waals surface area contributed by atoms with Gasteiger partial charge < -0.3 is 4.90 Å². The summed E-state index contributed by atoms with van der Waals surface area (Å²) in [7, 11) is 0. The molecule has 1 aliphatic carbocycles. The van der Waals surface area contributed by atoms with Crippen molar-refractivity contribution in [2.24, 2.45) is 0 Å². The first-order valence-corrected chi connectivity index (χ1v) is 21.2. The van der Waals surface area contributed by atoms with Gasteiger partial charge in [-0.05, 0) is 98.1 Å². The summed E-state index contributed by atoms with van der Waals surface area (Å²) in [5.74, 6) is 0.695. The second-order valence-electron chi connectivity index (χ2n) is 16.1. The summed E-state index contributed by atoms with van der Waals surface area (Å²) >= 11 is 0. The fraction of sp³-hybridized carbons (Fsp3) is 0.0169. The van der Waals surface area contributed by atoms with E-state index in [-0.39, 0.29) is 0 Å². The van der Waals surface area contributed by atoms with Crippen LogP contribution in [0, 0.1) is 0 Å². The molecule has 0 radical (unpaired) electrons. The lowest BCUT2D eigenvalue weighted by atomic mass is 9.64. The van der Waals surface area contributed by atoms with Gasteiger partial charge in [0.25, 0.3) is 0 Å². The molecule has 3 nitrogen and oxygen atoms in total. The highest BCUT2D eigenvalue weighted by Gasteiger charge is 2.51. The third-order valence-electron chi connectivity index (χ3n) is 12.7. The minimum Gasteiger partial charge on any atom is -0.310 e. The van der Waals surface area contributed by atoms with E-state index in [2.05, 4.69) is 229 Å². The summed E-state index contributed by atoms with van der Waals surface area (Å²) in [6.45, 7) is 0. The van der Waals surface area contributed by atoms with Crippen molar-refractivity contribution in [3.8, 4) is 67.3 Å². The third kappa shape index (κ3) is 5.67. The van der Waals surface area contributed by atoms with Gasteiger partial charge in [0, 0.05) is 22.4 Å². The van der Waals surface area contributed by atoms with Crippen molar-refractivity contribution < 1.29 is 0 Å². The summed E-state index contributed by atoms with van der Waals surface area (Å²) in [5.41, 5.74) is 20.1. The van der Waals surface area contributed by atoms with Gasteiger partial charge in [-0.15, -0.1) is 0 Å². The Balaban J connectivity index is 1.03. The molecule has 0 unspecified atom stereocenters. The molecule has 10 aromatic rings. The number of para-hydroxylation sites is 2. The first-order valence-electron chi connectivity index (χ1n) is 21.2. The summed E-state index contributed by atoms with van der Waals surface area (Å²) in [4.78, 5) is 12.9. The molecule has 0 atom stereocenters. The van der Waals surface area contributed by atoms with E-state index in [0.717, 1.165) is 50.5 Å². The predicted octanol–water partition coefficient (Wildman–Crippen LogP) is 15.0. The number of rotatable bonds is 6. The first kappa shape index (κ1) is 35.8. The highest BCUT2D eigenvalue weighted by atomic mass is 15.2. The van der Waals surface area contributed by atoms with Crippen LogP contribution in [0.4, 0.5) is 17.1 Å². The summed E-state index contributed by atoms with van der Waals surface area (Å²) < 4.78 is 0. The molecular formula is C59H39N3. The Bertz CT molecular complexity index is 3240. The van der Waals surface area contributed by atoms with Gasteiger partial charge in [-0.25, -0.2) is 9.97 Å². The van der Waals surface area contributed by atoms with Crippen molar-refractivity contribution in [2.45, 2.75) is 5.41 Å². The summed E-state index contributed by atoms with van der Waals surface area (Å²) in [5, 5.41) is 0. The summed E-state index contributed by atoms with van der Waals surface area (Å²) in [6.07, 6.45) is 0. The molecule has 0 fully saturated rings. The van der Waals surface area contributed by atoms with Crippen LogP contribution < -0.4 is 4.90 Å². The lowest BCUT2D eigenvalue weighted by molar-refractivity contribution is 0.753. The van der Waals surface area contributed by atoms with Gasteiger partial charge in [-0.3, -0.25) is 0 Å². The van der Waals surface area contributed by atoms with Crippen LogP contribution in [0.3, 0.4) is 0 Å². The Kier molecular flexibility index (Phi) is 8.39. The molecule has 3 heteroatoms. The van der Waals surface area contributed by atoms with E-state index in [4.69, 9.17) is 9.97 Å². The number of hydrogen-bond acceptors (Lipinski definition) is 3. The zero-order chi connectivity index (χ0) is 41.0. The standard InChI is InChI=1S/C59H39N3/c1-4-17-40(18-5-1)41-31-33-43(34-32-41)58-60-54(42-19-6-2-7-20-42)39-55(61-58)46-22-16-21-44(37-46)45-35-36-57-53(38-45)59(50-27-12-10-25-48(50)49-26-11-13-28-51(49)59)52-29-14-15-30-56(52)62(57)47-23-8-3-9-24-47/h1-39H. The topological polar surface area (TPSA) is 29.0 Å². The second-order valence-corrected chi connectivity index (χ2v) is 16.1. The van der Waals surface area contributed by atoms with Gasteiger partial charge >= 0.3 is 0 Å². The molecule has 62 heavy (non-hydrogen) atoms. The summed E-state index contributed by atoms with van der Waals surface area (Å²) in [6, 6.07) is 85.2. The van der Waals surface area contributed by atoms with E-state index < -0.39 is 5.41 Å². The van der Waals surface area contributed by atoms with Gasteiger partial charge in [-0.2, -0.15) is 0 Å². The lowest BCUT2D eigenvalue weighted by Gasteiger charge is -2.45. The van der Waals surface area contributed by atoms with Crippen LogP contribution in [0.15, 0.2) is 237 Å². The maximum Gasteiger partial charge on any atom is 0.160 e. The maximum absolute atomic E-state index is 5.27. The van der Waals surface area contributed by atoms with Gasteiger partial charge in [0.1, 0.15) is 0 Å². The molecule has 2 heterocycles. The molecule has 12 rings (SSSR count). The zero-order valence-electron chi connectivity index (χ0n) is 33.9. The number of nitrogens with zero attached hydrogens (tertiary/aromatic N) is 3. The van der Waals surface area contributed by atoms with Crippen LogP contribution in [-0.2, 0) is 5.41 Å². The molecule has 0 amide bonds. The fourth-order valence-electron chi connectivity index (χ4n) is 9.92. The highest BCUT2D eigenvalue weighted by molar-refractivity contribution is 5.96. The van der Waals surface area contributed by atoms with Crippen LogP contribution in [0.1, 0.15) is 22.3 Å². The maximum atomic E-state index is 5.27. The van der Waals surface area contributed by atoms with Crippen molar-refractivity contribution in [1.82, 2.24) is 9.97 Å². The van der Waals surface area contributed by atoms with E-state index in [9.17, 15) is 0 Å². The van der Waals surface area contributed by atoms with E-state index in [0.29, 0.717) is 5.82 Å². The quantitative estimate of drug-likeness (QED) is 0.168. The van der Waals surface area contributed by atoms with Crippen LogP contribution in [0.2, 0.25) is 0 Å². The SMILES string of the molecule is c1ccc(-c2ccc(-c3nc(-c4ccccc4)cc(-c4cccc(-c5ccc6c(c5)C5(c7ccccc7-c7ccccc75)c5ccccc5N6c5ccccc5)c4)n3)cc2)cc1. The van der Waals surface area contributed by atoms with E-state index >= 15 is 0 Å². The van der Waals surface area contributed by atoms with E-state index in [1.165, 1.54) is 50.3 Å². The average Bonchev–Trinajstić information content (AvgIpc) is 3.65. The molecule has 9 aromatic carbocycles. The van der Waals surface area contributed by atoms with Crippen molar-refractivity contribution in [1.29, 1.82) is 0 Å². The molecule has 1 aliphatic heterocycles. The molecular weight excluding hydrogens is 751 g/mol. The number of hydrogen-bond donors (Lipinski definition) is 0. The second kappa shape index (κ2) is 14.5. The number of anilines is 3. The number of fused-ring (bicyclic) bond motifs is 9. The van der Waals surface area contributed by atoms with Crippen molar-refractivity contribution in [3.05, 3.63) is 259 Å². The Morgan fingerprint density at radius 2 is 0.758 bits per heavy atom. The minimum atomic E-state index is -0.528. The van der Waals surface area contributed by atoms with E-state index in [1.807, 2.05) is 12.1 Å². The smallest absolute Gasteiger partial charge is 0.160 e. The third-order valence-corrected chi connectivity index (χ3v) is 12.7. The average molecular weight is 790 g/mol. The van der Waals surface area contributed by atoms with Gasteiger partial charge in [0.05, 0.1) is 28.2 Å². The molecule has 0 saturated heterocycles. The van der Waals surface area contributed by atoms with Gasteiger partial charge in [-0.1, -0.05) is 194 Å². The van der Waals surface area contributed by atoms with Crippen LogP contribution >= 0.6 is 0 Å². The van der Waals surface area contributed by atoms with Crippen molar-refractivity contribution in [3.63, 3.8) is 0 Å². The fourth-order valence-corrected chi connectivity index (χ4v) is 9.92. The molecule has 1 aromatic heterocycles. The first-order chi connectivity index (χ1) is 30.7. The molecule has 1 spiro atoms.